The van der Waals surface area contributed by atoms with Crippen molar-refractivity contribution in [3.05, 3.63) is 44.8 Å². The Kier molecular flexibility index (Phi) is 2.32. The topological polar surface area (TPSA) is 75.1 Å². The predicted molar refractivity (Wildman–Crippen MR) is 54.9 cm³/mol. The molecule has 0 bridgehead atoms. The van der Waals surface area contributed by atoms with E-state index >= 15 is 0 Å². The lowest BCUT2D eigenvalue weighted by Crippen LogP contribution is -2.37. The van der Waals surface area contributed by atoms with Gasteiger partial charge in [-0.15, -0.1) is 0 Å². The van der Waals surface area contributed by atoms with E-state index in [-0.39, 0.29) is 11.6 Å². The van der Waals surface area contributed by atoms with Crippen molar-refractivity contribution in [1.29, 1.82) is 0 Å². The number of nitrogens with one attached hydrogen (secondary N) is 1. The largest absolute Gasteiger partial charge is 0.389 e. The summed E-state index contributed by atoms with van der Waals surface area (Å²) in [6.07, 6.45) is 3.08. The van der Waals surface area contributed by atoms with Gasteiger partial charge in [-0.25, -0.2) is 4.79 Å². The molecule has 2 atom stereocenters. The molecule has 0 aliphatic heterocycles. The normalized spacial score (nSPS) is 24.7. The van der Waals surface area contributed by atoms with Crippen molar-refractivity contribution in [2.24, 2.45) is 0 Å². The van der Waals surface area contributed by atoms with Gasteiger partial charge in [-0.05, 0) is 6.92 Å². The molecular formula is C10H12N2O3. The summed E-state index contributed by atoms with van der Waals surface area (Å²) in [4.78, 5) is 25.7. The molecule has 1 aromatic heterocycles. The zero-order valence-electron chi connectivity index (χ0n) is 8.30. The highest BCUT2D eigenvalue weighted by atomic mass is 16.3. The summed E-state index contributed by atoms with van der Waals surface area (Å²) in [5.74, 6) is 0. The number of hydrogen-bond donors (Lipinski definition) is 2. The van der Waals surface area contributed by atoms with E-state index < -0.39 is 11.8 Å². The van der Waals surface area contributed by atoms with Crippen molar-refractivity contribution in [3.8, 4) is 0 Å². The maximum atomic E-state index is 11.6. The number of aromatic nitrogens is 2. The van der Waals surface area contributed by atoms with Crippen molar-refractivity contribution in [2.75, 3.05) is 0 Å². The summed E-state index contributed by atoms with van der Waals surface area (Å²) in [7, 11) is 0. The summed E-state index contributed by atoms with van der Waals surface area (Å²) in [6.45, 7) is 1.66. The molecule has 1 aliphatic rings. The number of rotatable bonds is 1. The highest BCUT2D eigenvalue weighted by Gasteiger charge is 2.20. The van der Waals surface area contributed by atoms with E-state index in [4.69, 9.17) is 0 Å². The van der Waals surface area contributed by atoms with Crippen LogP contribution in [0.15, 0.2) is 27.8 Å². The minimum absolute atomic E-state index is 0.333. The van der Waals surface area contributed by atoms with Gasteiger partial charge >= 0.3 is 5.69 Å². The molecule has 5 nitrogen and oxygen atoms in total. The summed E-state index contributed by atoms with van der Waals surface area (Å²) in [6, 6.07) is 1.04. The van der Waals surface area contributed by atoms with Crippen LogP contribution in [0.25, 0.3) is 0 Å². The van der Waals surface area contributed by atoms with Crippen LogP contribution in [0.1, 0.15) is 18.2 Å². The minimum atomic E-state index is -0.567. The highest BCUT2D eigenvalue weighted by molar-refractivity contribution is 5.08. The first-order chi connectivity index (χ1) is 7.08. The van der Waals surface area contributed by atoms with Gasteiger partial charge in [-0.1, -0.05) is 12.2 Å². The van der Waals surface area contributed by atoms with Crippen LogP contribution in [0.2, 0.25) is 0 Å². The van der Waals surface area contributed by atoms with Crippen LogP contribution < -0.4 is 11.2 Å². The van der Waals surface area contributed by atoms with Crippen molar-refractivity contribution in [1.82, 2.24) is 9.55 Å². The molecule has 2 N–H and O–H groups in total. The molecule has 1 aromatic rings. The molecule has 0 radical (unpaired) electrons. The number of aliphatic hydroxyl groups is 1. The lowest BCUT2D eigenvalue weighted by atomic mass is 10.2. The first kappa shape index (κ1) is 9.92. The molecule has 80 valence electrons. The number of hydrogen-bond acceptors (Lipinski definition) is 3. The second-order valence-electron chi connectivity index (χ2n) is 3.72. The fourth-order valence-electron chi connectivity index (χ4n) is 1.79. The van der Waals surface area contributed by atoms with Crippen LogP contribution in [-0.2, 0) is 0 Å². The van der Waals surface area contributed by atoms with E-state index in [2.05, 4.69) is 4.98 Å². The van der Waals surface area contributed by atoms with Crippen LogP contribution in [0.5, 0.6) is 0 Å². The second-order valence-corrected chi connectivity index (χ2v) is 3.72. The van der Waals surface area contributed by atoms with Crippen LogP contribution in [-0.4, -0.2) is 20.8 Å². The third kappa shape index (κ3) is 1.78. The maximum Gasteiger partial charge on any atom is 0.329 e. The smallest absolute Gasteiger partial charge is 0.329 e. The van der Waals surface area contributed by atoms with Gasteiger partial charge in [-0.2, -0.15) is 0 Å². The maximum absolute atomic E-state index is 11.6. The Bertz CT molecular complexity index is 481. The zero-order chi connectivity index (χ0) is 11.0. The molecule has 0 unspecified atom stereocenters. The van der Waals surface area contributed by atoms with Gasteiger partial charge < -0.3 is 10.1 Å². The summed E-state index contributed by atoms with van der Waals surface area (Å²) < 4.78 is 1.12. The molecule has 15 heavy (non-hydrogen) atoms. The Labute approximate surface area is 85.7 Å². The Hall–Kier alpha value is -1.62. The van der Waals surface area contributed by atoms with Crippen molar-refractivity contribution < 1.29 is 5.11 Å². The van der Waals surface area contributed by atoms with E-state index in [0.29, 0.717) is 12.1 Å². The molecule has 0 saturated heterocycles. The average molecular weight is 208 g/mol. The van der Waals surface area contributed by atoms with E-state index in [1.165, 1.54) is 6.07 Å². The minimum Gasteiger partial charge on any atom is -0.389 e. The molecule has 0 saturated carbocycles. The van der Waals surface area contributed by atoms with Gasteiger partial charge in [0.15, 0.2) is 0 Å². The van der Waals surface area contributed by atoms with E-state index in [9.17, 15) is 14.7 Å². The quantitative estimate of drug-likeness (QED) is 0.622. The monoisotopic (exact) mass is 208 g/mol. The van der Waals surface area contributed by atoms with Crippen molar-refractivity contribution in [2.45, 2.75) is 25.5 Å². The van der Waals surface area contributed by atoms with Gasteiger partial charge in [0.2, 0.25) is 0 Å². The van der Waals surface area contributed by atoms with E-state index in [0.717, 1.165) is 4.57 Å². The van der Waals surface area contributed by atoms with Crippen molar-refractivity contribution in [3.63, 3.8) is 0 Å². The molecule has 1 heterocycles. The van der Waals surface area contributed by atoms with Crippen LogP contribution >= 0.6 is 0 Å². The third-order valence-electron chi connectivity index (χ3n) is 2.47. The van der Waals surface area contributed by atoms with Crippen LogP contribution in [0.3, 0.4) is 0 Å². The Balaban J connectivity index is 2.50. The van der Waals surface area contributed by atoms with Gasteiger partial charge in [0.1, 0.15) is 0 Å². The lowest BCUT2D eigenvalue weighted by molar-refractivity contribution is 0.209. The number of allylic oxidation sites excluding steroid dienone is 1. The SMILES string of the molecule is Cc1cc(=O)n([C@H]2C=C[C@@H](O)C2)c(=O)[nH]1. The van der Waals surface area contributed by atoms with Gasteiger partial charge in [-0.3, -0.25) is 9.36 Å². The highest BCUT2D eigenvalue weighted by Crippen LogP contribution is 2.19. The number of aromatic amines is 1. The first-order valence-corrected chi connectivity index (χ1v) is 4.77. The summed E-state index contributed by atoms with van der Waals surface area (Å²) in [5.41, 5.74) is -0.215. The molecule has 1 aliphatic carbocycles. The van der Waals surface area contributed by atoms with Gasteiger partial charge in [0.05, 0.1) is 12.1 Å². The van der Waals surface area contributed by atoms with E-state index in [1.807, 2.05) is 0 Å². The number of H-pyrrole nitrogens is 1. The second kappa shape index (κ2) is 3.51. The summed E-state index contributed by atoms with van der Waals surface area (Å²) in [5, 5.41) is 9.28. The molecule has 0 spiro atoms. The van der Waals surface area contributed by atoms with Crippen LogP contribution in [0, 0.1) is 6.92 Å². The standard InChI is InChI=1S/C10H12N2O3/c1-6-4-9(14)12(10(15)11-6)7-2-3-8(13)5-7/h2-4,7-8,13H,5H2,1H3,(H,11,15)/t7-,8+/m0/s1. The summed E-state index contributed by atoms with van der Waals surface area (Å²) >= 11 is 0. The fourth-order valence-corrected chi connectivity index (χ4v) is 1.79. The lowest BCUT2D eigenvalue weighted by Gasteiger charge is -2.11. The Morgan fingerprint density at radius 2 is 2.20 bits per heavy atom. The third-order valence-corrected chi connectivity index (χ3v) is 2.47. The Morgan fingerprint density at radius 1 is 1.47 bits per heavy atom. The molecule has 0 amide bonds. The zero-order valence-corrected chi connectivity index (χ0v) is 8.30. The van der Waals surface area contributed by atoms with Gasteiger partial charge in [0.25, 0.3) is 5.56 Å². The first-order valence-electron chi connectivity index (χ1n) is 4.77. The van der Waals surface area contributed by atoms with E-state index in [1.54, 1.807) is 19.1 Å². The molecule has 5 heteroatoms. The van der Waals surface area contributed by atoms with Gasteiger partial charge in [0, 0.05) is 18.2 Å². The number of aliphatic hydroxyl groups excluding tert-OH is 1. The fraction of sp³-hybridized carbons (Fsp3) is 0.400. The number of aryl methyl sites for hydroxylation is 1. The van der Waals surface area contributed by atoms with Crippen LogP contribution in [0.4, 0.5) is 0 Å². The molecule has 2 rings (SSSR count). The van der Waals surface area contributed by atoms with Crippen molar-refractivity contribution >= 4 is 0 Å². The Morgan fingerprint density at radius 3 is 2.73 bits per heavy atom. The number of nitrogens with zero attached hydrogens (tertiary/aromatic N) is 1. The predicted octanol–water partition coefficient (Wildman–Crippen LogP) is -0.293. The molecule has 0 aromatic carbocycles. The average Bonchev–Trinajstić information content (AvgIpc) is 2.49. The molecular weight excluding hydrogens is 196 g/mol. The molecule has 0 fully saturated rings.